The quantitative estimate of drug-likeness (QED) is 0.573. The van der Waals surface area contributed by atoms with Crippen molar-refractivity contribution >= 4 is 11.9 Å². The van der Waals surface area contributed by atoms with E-state index in [1.54, 1.807) is 20.8 Å². The van der Waals surface area contributed by atoms with Crippen LogP contribution in [0.15, 0.2) is 12.7 Å². The predicted molar refractivity (Wildman–Crippen MR) is 78.0 cm³/mol. The second-order valence-electron chi connectivity index (χ2n) is 6.11. The molecule has 0 radical (unpaired) electrons. The number of hydrogen-bond donors (Lipinski definition) is 1. The number of esters is 2. The molecule has 0 aliphatic rings. The molecule has 0 saturated carbocycles. The molecule has 2 atom stereocenters. The van der Waals surface area contributed by atoms with Crippen molar-refractivity contribution in [3.8, 4) is 0 Å². The van der Waals surface area contributed by atoms with E-state index >= 15 is 0 Å². The molecule has 0 heterocycles. The molecular formula is C15H27NO4. The van der Waals surface area contributed by atoms with Gasteiger partial charge in [-0.1, -0.05) is 26.5 Å². The average molecular weight is 285 g/mol. The maximum atomic E-state index is 11.7. The van der Waals surface area contributed by atoms with Gasteiger partial charge in [-0.2, -0.15) is 0 Å². The molecule has 5 nitrogen and oxygen atoms in total. The summed E-state index contributed by atoms with van der Waals surface area (Å²) < 4.78 is 10.4. The van der Waals surface area contributed by atoms with E-state index in [2.05, 4.69) is 6.58 Å². The van der Waals surface area contributed by atoms with Gasteiger partial charge in [0.25, 0.3) is 0 Å². The first-order valence-electron chi connectivity index (χ1n) is 6.87. The van der Waals surface area contributed by atoms with Crippen molar-refractivity contribution in [1.82, 2.24) is 0 Å². The van der Waals surface area contributed by atoms with Crippen LogP contribution >= 0.6 is 0 Å². The van der Waals surface area contributed by atoms with E-state index in [0.717, 1.165) is 0 Å². The minimum atomic E-state index is -0.668. The van der Waals surface area contributed by atoms with Crippen LogP contribution in [0.1, 0.15) is 47.5 Å². The summed E-state index contributed by atoms with van der Waals surface area (Å²) >= 11 is 0. The lowest BCUT2D eigenvalue weighted by molar-refractivity contribution is -0.158. The molecule has 0 amide bonds. The Morgan fingerprint density at radius 1 is 1.30 bits per heavy atom. The fourth-order valence-electron chi connectivity index (χ4n) is 1.38. The van der Waals surface area contributed by atoms with Crippen molar-refractivity contribution in [3.05, 3.63) is 12.7 Å². The Hall–Kier alpha value is -1.36. The first-order chi connectivity index (χ1) is 9.06. The second-order valence-corrected chi connectivity index (χ2v) is 6.11. The molecule has 0 aromatic rings. The van der Waals surface area contributed by atoms with Gasteiger partial charge in [-0.25, -0.2) is 0 Å². The monoisotopic (exact) mass is 285 g/mol. The zero-order chi connectivity index (χ0) is 15.9. The van der Waals surface area contributed by atoms with Crippen LogP contribution in [0.4, 0.5) is 0 Å². The largest absolute Gasteiger partial charge is 0.460 e. The van der Waals surface area contributed by atoms with Crippen LogP contribution < -0.4 is 5.73 Å². The van der Waals surface area contributed by atoms with E-state index < -0.39 is 23.7 Å². The summed E-state index contributed by atoms with van der Waals surface area (Å²) in [4.78, 5) is 23.3. The number of nitrogens with two attached hydrogens (primary N) is 1. The molecule has 0 bridgehead atoms. The van der Waals surface area contributed by atoms with Crippen molar-refractivity contribution in [3.63, 3.8) is 0 Å². The Balaban J connectivity index is 4.27. The lowest BCUT2D eigenvalue weighted by Gasteiger charge is -2.21. The Labute approximate surface area is 121 Å². The summed E-state index contributed by atoms with van der Waals surface area (Å²) in [5.74, 6) is -0.804. The standard InChI is InChI=1S/C15H27NO4/c1-7-11(19-14(18)13(16)10(2)3)8-9-12(17)20-15(4,5)6/h7,10-11,13H,1,8-9,16H2,2-6H3/t11-,13-/m0/s1. The number of hydrogen-bond acceptors (Lipinski definition) is 5. The summed E-state index contributed by atoms with van der Waals surface area (Å²) in [6.07, 6.45) is 1.47. The lowest BCUT2D eigenvalue weighted by atomic mass is 10.1. The number of rotatable bonds is 7. The topological polar surface area (TPSA) is 78.6 Å². The van der Waals surface area contributed by atoms with Crippen LogP contribution in [0.5, 0.6) is 0 Å². The maximum Gasteiger partial charge on any atom is 0.323 e. The van der Waals surface area contributed by atoms with Gasteiger partial charge in [-0.05, 0) is 33.1 Å². The van der Waals surface area contributed by atoms with Crippen molar-refractivity contribution in [2.75, 3.05) is 0 Å². The van der Waals surface area contributed by atoms with Crippen molar-refractivity contribution in [1.29, 1.82) is 0 Å². The SMILES string of the molecule is C=C[C@@H](CCC(=O)OC(C)(C)C)OC(=O)[C@@H](N)C(C)C. The van der Waals surface area contributed by atoms with Gasteiger partial charge in [-0.15, -0.1) is 0 Å². The molecule has 20 heavy (non-hydrogen) atoms. The molecule has 0 aliphatic heterocycles. The molecule has 0 fully saturated rings. The summed E-state index contributed by atoms with van der Waals surface area (Å²) in [6.45, 7) is 12.7. The van der Waals surface area contributed by atoms with Crippen LogP contribution in [0.3, 0.4) is 0 Å². The van der Waals surface area contributed by atoms with E-state index in [0.29, 0.717) is 6.42 Å². The Kier molecular flexibility index (Phi) is 7.50. The molecule has 0 aromatic heterocycles. The summed E-state index contributed by atoms with van der Waals surface area (Å²) in [5.41, 5.74) is 5.19. The Morgan fingerprint density at radius 3 is 2.25 bits per heavy atom. The van der Waals surface area contributed by atoms with Gasteiger partial charge in [0.15, 0.2) is 0 Å². The summed E-state index contributed by atoms with van der Waals surface area (Å²) in [6, 6.07) is -0.668. The van der Waals surface area contributed by atoms with Crippen molar-refractivity contribution in [2.45, 2.75) is 65.2 Å². The molecule has 0 unspecified atom stereocenters. The molecular weight excluding hydrogens is 258 g/mol. The van der Waals surface area contributed by atoms with E-state index in [4.69, 9.17) is 15.2 Å². The molecule has 0 saturated heterocycles. The summed E-state index contributed by atoms with van der Waals surface area (Å²) in [7, 11) is 0. The predicted octanol–water partition coefficient (Wildman–Crippen LogP) is 2.19. The number of ether oxygens (including phenoxy) is 2. The number of carbonyl (C=O) groups is 2. The first-order valence-corrected chi connectivity index (χ1v) is 6.87. The van der Waals surface area contributed by atoms with Gasteiger partial charge in [-0.3, -0.25) is 9.59 Å². The highest BCUT2D eigenvalue weighted by molar-refractivity contribution is 5.76. The van der Waals surface area contributed by atoms with Crippen LogP contribution in [0.25, 0.3) is 0 Å². The van der Waals surface area contributed by atoms with E-state index in [1.165, 1.54) is 6.08 Å². The smallest absolute Gasteiger partial charge is 0.323 e. The van der Waals surface area contributed by atoms with Gasteiger partial charge < -0.3 is 15.2 Å². The van der Waals surface area contributed by atoms with Gasteiger partial charge in [0.2, 0.25) is 0 Å². The zero-order valence-electron chi connectivity index (χ0n) is 13.1. The van der Waals surface area contributed by atoms with Crippen LogP contribution in [-0.2, 0) is 19.1 Å². The van der Waals surface area contributed by atoms with Gasteiger partial charge in [0, 0.05) is 6.42 Å². The van der Waals surface area contributed by atoms with Crippen molar-refractivity contribution < 1.29 is 19.1 Å². The van der Waals surface area contributed by atoms with Gasteiger partial charge in [0.05, 0.1) is 0 Å². The molecule has 5 heteroatoms. The normalized spacial score (nSPS) is 14.6. The molecule has 0 aliphatic carbocycles. The van der Waals surface area contributed by atoms with E-state index in [-0.39, 0.29) is 18.3 Å². The highest BCUT2D eigenvalue weighted by Gasteiger charge is 2.23. The minimum absolute atomic E-state index is 0.00109. The third-order valence-electron chi connectivity index (χ3n) is 2.57. The van der Waals surface area contributed by atoms with Gasteiger partial charge in [0.1, 0.15) is 17.7 Å². The van der Waals surface area contributed by atoms with Crippen molar-refractivity contribution in [2.24, 2.45) is 11.7 Å². The van der Waals surface area contributed by atoms with E-state index in [9.17, 15) is 9.59 Å². The summed E-state index contributed by atoms with van der Waals surface area (Å²) in [5, 5.41) is 0. The molecule has 116 valence electrons. The highest BCUT2D eigenvalue weighted by Crippen LogP contribution is 2.12. The van der Waals surface area contributed by atoms with Gasteiger partial charge >= 0.3 is 11.9 Å². The fraction of sp³-hybridized carbons (Fsp3) is 0.733. The second kappa shape index (κ2) is 8.04. The number of carbonyl (C=O) groups excluding carboxylic acids is 2. The Morgan fingerprint density at radius 2 is 1.85 bits per heavy atom. The molecule has 0 spiro atoms. The zero-order valence-corrected chi connectivity index (χ0v) is 13.1. The van der Waals surface area contributed by atoms with E-state index in [1.807, 2.05) is 13.8 Å². The first kappa shape index (κ1) is 18.6. The molecule has 0 aromatic carbocycles. The highest BCUT2D eigenvalue weighted by atomic mass is 16.6. The lowest BCUT2D eigenvalue weighted by Crippen LogP contribution is -2.38. The maximum absolute atomic E-state index is 11.7. The van der Waals surface area contributed by atoms with Crippen LogP contribution in [-0.4, -0.2) is 29.7 Å². The Bertz CT molecular complexity index is 344. The minimum Gasteiger partial charge on any atom is -0.460 e. The average Bonchev–Trinajstić information content (AvgIpc) is 2.30. The molecule has 0 rings (SSSR count). The third-order valence-corrected chi connectivity index (χ3v) is 2.57. The third kappa shape index (κ3) is 7.94. The van der Waals surface area contributed by atoms with Crippen LogP contribution in [0, 0.1) is 5.92 Å². The van der Waals surface area contributed by atoms with Crippen LogP contribution in [0.2, 0.25) is 0 Å². The fourth-order valence-corrected chi connectivity index (χ4v) is 1.38. The molecule has 2 N–H and O–H groups in total.